The number of unbranched alkanes of at least 4 members (excludes halogenated alkanes) is 1. The molecule has 2 nitrogen and oxygen atoms in total. The molecule has 1 aliphatic rings. The topological polar surface area (TPSA) is 15.3 Å². The Bertz CT molecular complexity index is 350. The van der Waals surface area contributed by atoms with E-state index in [0.29, 0.717) is 0 Å². The summed E-state index contributed by atoms with van der Waals surface area (Å²) in [7, 11) is 0. The van der Waals surface area contributed by atoms with E-state index < -0.39 is 0 Å². The first kappa shape index (κ1) is 15.5. The third kappa shape index (κ3) is 5.64. The molecule has 0 saturated carbocycles. The van der Waals surface area contributed by atoms with Crippen LogP contribution in [0.25, 0.3) is 0 Å². The van der Waals surface area contributed by atoms with Gasteiger partial charge in [-0.05, 0) is 57.3 Å². The molecule has 0 bridgehead atoms. The van der Waals surface area contributed by atoms with Crippen LogP contribution in [0.3, 0.4) is 0 Å². The van der Waals surface area contributed by atoms with E-state index in [1.54, 1.807) is 0 Å². The molecule has 2 heteroatoms. The summed E-state index contributed by atoms with van der Waals surface area (Å²) in [5.41, 5.74) is 1.48. The van der Waals surface area contributed by atoms with E-state index in [-0.39, 0.29) is 0 Å². The largest absolute Gasteiger partial charge is 0.313 e. The molecule has 1 unspecified atom stereocenters. The highest BCUT2D eigenvalue weighted by Crippen LogP contribution is 2.09. The molecule has 1 heterocycles. The first-order chi connectivity index (χ1) is 9.88. The van der Waals surface area contributed by atoms with Crippen molar-refractivity contribution in [2.24, 2.45) is 0 Å². The van der Waals surface area contributed by atoms with Gasteiger partial charge >= 0.3 is 0 Å². The fourth-order valence-electron chi connectivity index (χ4n) is 3.13. The third-order valence-electron chi connectivity index (χ3n) is 4.23. The Morgan fingerprint density at radius 3 is 2.85 bits per heavy atom. The maximum Gasteiger partial charge on any atom is 0.0194 e. The van der Waals surface area contributed by atoms with Gasteiger partial charge in [-0.15, -0.1) is 0 Å². The van der Waals surface area contributed by atoms with Gasteiger partial charge in [0.05, 0.1) is 0 Å². The zero-order valence-electron chi connectivity index (χ0n) is 13.0. The van der Waals surface area contributed by atoms with E-state index in [1.807, 2.05) is 0 Å². The van der Waals surface area contributed by atoms with Gasteiger partial charge in [0.2, 0.25) is 0 Å². The summed E-state index contributed by atoms with van der Waals surface area (Å²) < 4.78 is 0. The Morgan fingerprint density at radius 1 is 1.20 bits per heavy atom. The Morgan fingerprint density at radius 2 is 2.05 bits per heavy atom. The zero-order valence-corrected chi connectivity index (χ0v) is 13.0. The number of benzene rings is 1. The molecule has 112 valence electrons. The lowest BCUT2D eigenvalue weighted by Gasteiger charge is -2.24. The molecule has 20 heavy (non-hydrogen) atoms. The number of nitrogens with one attached hydrogen (secondary N) is 1. The maximum atomic E-state index is 3.69. The highest BCUT2D eigenvalue weighted by atomic mass is 15.2. The van der Waals surface area contributed by atoms with Crippen molar-refractivity contribution >= 4 is 0 Å². The van der Waals surface area contributed by atoms with Crippen LogP contribution < -0.4 is 5.32 Å². The molecule has 0 aromatic heterocycles. The summed E-state index contributed by atoms with van der Waals surface area (Å²) in [4.78, 5) is 2.67. The molecule has 0 aliphatic carbocycles. The monoisotopic (exact) mass is 274 g/mol. The third-order valence-corrected chi connectivity index (χ3v) is 4.23. The minimum Gasteiger partial charge on any atom is -0.313 e. The summed E-state index contributed by atoms with van der Waals surface area (Å²) in [6.45, 7) is 7.29. The average Bonchev–Trinajstić information content (AvgIpc) is 2.70. The van der Waals surface area contributed by atoms with Crippen LogP contribution in [0, 0.1) is 0 Å². The van der Waals surface area contributed by atoms with Crippen LogP contribution in [-0.4, -0.2) is 37.1 Å². The molecule has 0 radical (unpaired) electrons. The highest BCUT2D eigenvalue weighted by molar-refractivity contribution is 5.14. The molecule has 1 N–H and O–H groups in total. The first-order valence-electron chi connectivity index (χ1n) is 8.38. The van der Waals surface area contributed by atoms with E-state index in [4.69, 9.17) is 0 Å². The molecule has 0 amide bonds. The van der Waals surface area contributed by atoms with Crippen molar-refractivity contribution in [2.45, 2.75) is 51.5 Å². The Hall–Kier alpha value is -0.860. The van der Waals surface area contributed by atoms with Gasteiger partial charge in [-0.2, -0.15) is 0 Å². The molecule has 1 saturated heterocycles. The number of aryl methyl sites for hydroxylation is 1. The standard InChI is InChI=1S/C18H30N2/c1-2-9-18-16-20(15-8-13-19-18)14-7-6-12-17-10-4-3-5-11-17/h3-5,10-11,18-19H,2,6-9,12-16H2,1H3. The van der Waals surface area contributed by atoms with Gasteiger partial charge in [0, 0.05) is 12.6 Å². The number of rotatable bonds is 7. The van der Waals surface area contributed by atoms with Crippen LogP contribution in [0.4, 0.5) is 0 Å². The average molecular weight is 274 g/mol. The van der Waals surface area contributed by atoms with Crippen LogP contribution >= 0.6 is 0 Å². The summed E-state index contributed by atoms with van der Waals surface area (Å²) in [6.07, 6.45) is 7.78. The number of hydrogen-bond donors (Lipinski definition) is 1. The van der Waals surface area contributed by atoms with Gasteiger partial charge in [0.1, 0.15) is 0 Å². The fourth-order valence-corrected chi connectivity index (χ4v) is 3.13. The second-order valence-electron chi connectivity index (χ2n) is 6.04. The van der Waals surface area contributed by atoms with Crippen LogP contribution in [-0.2, 0) is 6.42 Å². The Labute approximate surface area is 124 Å². The van der Waals surface area contributed by atoms with E-state index in [9.17, 15) is 0 Å². The van der Waals surface area contributed by atoms with Crippen molar-refractivity contribution < 1.29 is 0 Å². The highest BCUT2D eigenvalue weighted by Gasteiger charge is 2.16. The zero-order chi connectivity index (χ0) is 14.0. The summed E-state index contributed by atoms with van der Waals surface area (Å²) in [5.74, 6) is 0. The smallest absolute Gasteiger partial charge is 0.0194 e. The number of hydrogen-bond acceptors (Lipinski definition) is 2. The SMILES string of the molecule is CCCC1CN(CCCCc2ccccc2)CCCN1. The lowest BCUT2D eigenvalue weighted by atomic mass is 10.1. The second-order valence-corrected chi connectivity index (χ2v) is 6.04. The molecule has 1 aliphatic heterocycles. The van der Waals surface area contributed by atoms with Crippen LogP contribution in [0.5, 0.6) is 0 Å². The van der Waals surface area contributed by atoms with Gasteiger partial charge in [0.25, 0.3) is 0 Å². The van der Waals surface area contributed by atoms with Crippen LogP contribution in [0.2, 0.25) is 0 Å². The lowest BCUT2D eigenvalue weighted by Crippen LogP contribution is -2.37. The van der Waals surface area contributed by atoms with Gasteiger partial charge in [0.15, 0.2) is 0 Å². The summed E-state index contributed by atoms with van der Waals surface area (Å²) in [5, 5.41) is 3.69. The number of nitrogens with zero attached hydrogens (tertiary/aromatic N) is 1. The molecule has 1 atom stereocenters. The van der Waals surface area contributed by atoms with E-state index in [2.05, 4.69) is 47.5 Å². The van der Waals surface area contributed by atoms with E-state index in [1.165, 1.54) is 70.3 Å². The quantitative estimate of drug-likeness (QED) is 0.766. The van der Waals surface area contributed by atoms with Gasteiger partial charge < -0.3 is 10.2 Å². The van der Waals surface area contributed by atoms with Gasteiger partial charge in [-0.3, -0.25) is 0 Å². The van der Waals surface area contributed by atoms with Gasteiger partial charge in [-0.25, -0.2) is 0 Å². The van der Waals surface area contributed by atoms with Crippen molar-refractivity contribution in [3.8, 4) is 0 Å². The first-order valence-corrected chi connectivity index (χ1v) is 8.38. The molecule has 1 aromatic carbocycles. The second kappa shape index (κ2) is 9.15. The molecule has 2 rings (SSSR count). The Kier molecular flexibility index (Phi) is 7.10. The van der Waals surface area contributed by atoms with Crippen molar-refractivity contribution in [1.29, 1.82) is 0 Å². The van der Waals surface area contributed by atoms with Gasteiger partial charge in [-0.1, -0.05) is 43.7 Å². The summed E-state index contributed by atoms with van der Waals surface area (Å²) >= 11 is 0. The molecule has 1 fully saturated rings. The Balaban J connectivity index is 1.65. The lowest BCUT2D eigenvalue weighted by molar-refractivity contribution is 0.257. The van der Waals surface area contributed by atoms with Crippen molar-refractivity contribution in [1.82, 2.24) is 10.2 Å². The van der Waals surface area contributed by atoms with Crippen LogP contribution in [0.15, 0.2) is 30.3 Å². The maximum absolute atomic E-state index is 3.69. The predicted molar refractivity (Wildman–Crippen MR) is 87.1 cm³/mol. The van der Waals surface area contributed by atoms with Crippen LogP contribution in [0.1, 0.15) is 44.6 Å². The fraction of sp³-hybridized carbons (Fsp3) is 0.667. The summed E-state index contributed by atoms with van der Waals surface area (Å²) in [6, 6.07) is 11.6. The predicted octanol–water partition coefficient (Wildman–Crippen LogP) is 3.47. The molecule has 1 aromatic rings. The molecule has 0 spiro atoms. The van der Waals surface area contributed by atoms with Crippen molar-refractivity contribution in [3.63, 3.8) is 0 Å². The van der Waals surface area contributed by atoms with Crippen molar-refractivity contribution in [3.05, 3.63) is 35.9 Å². The normalized spacial score (nSPS) is 20.8. The molecular weight excluding hydrogens is 244 g/mol. The minimum atomic E-state index is 0.719. The van der Waals surface area contributed by atoms with E-state index >= 15 is 0 Å². The van der Waals surface area contributed by atoms with Crippen molar-refractivity contribution in [2.75, 3.05) is 26.2 Å². The molecular formula is C18H30N2. The minimum absolute atomic E-state index is 0.719. The van der Waals surface area contributed by atoms with E-state index in [0.717, 1.165) is 6.04 Å².